The molecule has 0 bridgehead atoms. The van der Waals surface area contributed by atoms with E-state index in [1.165, 1.54) is 5.56 Å². The van der Waals surface area contributed by atoms with Crippen LogP contribution >= 0.6 is 0 Å². The average Bonchev–Trinajstić information content (AvgIpc) is 2.39. The number of Topliss-reactive ketones (excluding diaryl/α,β-unsaturated/α-hetero) is 1. The van der Waals surface area contributed by atoms with E-state index in [0.717, 1.165) is 11.5 Å². The van der Waals surface area contributed by atoms with Crippen LogP contribution in [0.2, 0.25) is 0 Å². The van der Waals surface area contributed by atoms with E-state index in [4.69, 9.17) is 0 Å². The van der Waals surface area contributed by atoms with Crippen LogP contribution in [0.4, 0.5) is 11.5 Å². The van der Waals surface area contributed by atoms with Crippen molar-refractivity contribution in [3.05, 3.63) is 53.7 Å². The fourth-order valence-corrected chi connectivity index (χ4v) is 1.72. The minimum absolute atomic E-state index is 0.0518. The van der Waals surface area contributed by atoms with Gasteiger partial charge in [0.1, 0.15) is 5.82 Å². The largest absolute Gasteiger partial charge is 0.329 e. The minimum Gasteiger partial charge on any atom is -0.329 e. The molecule has 1 aromatic heterocycles. The van der Waals surface area contributed by atoms with Crippen molar-refractivity contribution < 1.29 is 4.79 Å². The van der Waals surface area contributed by atoms with Gasteiger partial charge in [-0.05, 0) is 38.1 Å². The van der Waals surface area contributed by atoms with Gasteiger partial charge in [0, 0.05) is 24.5 Å². The number of nitrogens with zero attached hydrogens (tertiary/aromatic N) is 2. The van der Waals surface area contributed by atoms with Crippen LogP contribution in [0.3, 0.4) is 0 Å². The Morgan fingerprint density at radius 3 is 2.44 bits per heavy atom. The summed E-state index contributed by atoms with van der Waals surface area (Å²) in [5.41, 5.74) is 2.95. The second kappa shape index (κ2) is 5.00. The molecule has 0 aliphatic rings. The molecule has 3 nitrogen and oxygen atoms in total. The molecule has 0 saturated carbocycles. The molecule has 2 aromatic rings. The number of aryl methyl sites for hydroxylation is 1. The molecular weight excluding hydrogens is 224 g/mol. The number of pyridine rings is 1. The van der Waals surface area contributed by atoms with E-state index >= 15 is 0 Å². The molecule has 0 atom stereocenters. The zero-order valence-corrected chi connectivity index (χ0v) is 10.8. The van der Waals surface area contributed by atoms with Crippen molar-refractivity contribution >= 4 is 17.3 Å². The minimum atomic E-state index is 0.0518. The Bertz CT molecular complexity index is 561. The fourth-order valence-electron chi connectivity index (χ4n) is 1.72. The van der Waals surface area contributed by atoms with Gasteiger partial charge < -0.3 is 4.90 Å². The molecule has 0 radical (unpaired) electrons. The Kier molecular flexibility index (Phi) is 3.42. The highest BCUT2D eigenvalue weighted by Crippen LogP contribution is 2.22. The first-order chi connectivity index (χ1) is 8.58. The predicted octanol–water partition coefficient (Wildman–Crippen LogP) is 3.36. The van der Waals surface area contributed by atoms with Crippen molar-refractivity contribution in [1.29, 1.82) is 0 Å². The number of hydrogen-bond acceptors (Lipinski definition) is 3. The number of benzene rings is 1. The monoisotopic (exact) mass is 240 g/mol. The van der Waals surface area contributed by atoms with Crippen LogP contribution in [0.25, 0.3) is 0 Å². The van der Waals surface area contributed by atoms with Crippen molar-refractivity contribution in [2.45, 2.75) is 13.8 Å². The molecule has 0 saturated heterocycles. The molecule has 0 aliphatic heterocycles. The van der Waals surface area contributed by atoms with Gasteiger partial charge in [-0.15, -0.1) is 0 Å². The Balaban J connectivity index is 2.33. The summed E-state index contributed by atoms with van der Waals surface area (Å²) >= 11 is 0. The molecule has 0 spiro atoms. The van der Waals surface area contributed by atoms with Crippen molar-refractivity contribution in [2.75, 3.05) is 11.9 Å². The number of aromatic nitrogens is 1. The van der Waals surface area contributed by atoms with Crippen LogP contribution in [0.5, 0.6) is 0 Å². The van der Waals surface area contributed by atoms with E-state index < -0.39 is 0 Å². The molecule has 0 unspecified atom stereocenters. The van der Waals surface area contributed by atoms with Gasteiger partial charge in [-0.1, -0.05) is 17.7 Å². The van der Waals surface area contributed by atoms with Crippen molar-refractivity contribution in [2.24, 2.45) is 0 Å². The molecule has 0 N–H and O–H groups in total. The summed E-state index contributed by atoms with van der Waals surface area (Å²) in [5.74, 6) is 0.822. The maximum Gasteiger partial charge on any atom is 0.159 e. The van der Waals surface area contributed by atoms with Crippen molar-refractivity contribution in [3.63, 3.8) is 0 Å². The zero-order valence-electron chi connectivity index (χ0n) is 10.8. The van der Waals surface area contributed by atoms with Crippen LogP contribution in [0.1, 0.15) is 22.8 Å². The summed E-state index contributed by atoms with van der Waals surface area (Å²) in [6.45, 7) is 3.61. The Morgan fingerprint density at radius 2 is 1.83 bits per heavy atom. The van der Waals surface area contributed by atoms with E-state index in [2.05, 4.69) is 24.0 Å². The molecule has 0 aliphatic carbocycles. The van der Waals surface area contributed by atoms with Crippen molar-refractivity contribution in [1.82, 2.24) is 4.98 Å². The normalized spacial score (nSPS) is 10.2. The SMILES string of the molecule is CC(=O)c1ccnc(N(C)c2ccc(C)cc2)c1. The van der Waals surface area contributed by atoms with Gasteiger partial charge in [0.25, 0.3) is 0 Å². The molecule has 3 heteroatoms. The van der Waals surface area contributed by atoms with E-state index in [1.807, 2.05) is 30.1 Å². The molecular formula is C15H16N2O. The highest BCUT2D eigenvalue weighted by Gasteiger charge is 2.07. The second-order valence-electron chi connectivity index (χ2n) is 4.35. The number of carbonyl (C=O) groups is 1. The average molecular weight is 240 g/mol. The van der Waals surface area contributed by atoms with Crippen LogP contribution < -0.4 is 4.90 Å². The first-order valence-corrected chi connectivity index (χ1v) is 5.85. The summed E-state index contributed by atoms with van der Waals surface area (Å²) in [6, 6.07) is 11.7. The third-order valence-corrected chi connectivity index (χ3v) is 2.92. The Morgan fingerprint density at radius 1 is 1.17 bits per heavy atom. The molecule has 92 valence electrons. The number of ketones is 1. The number of hydrogen-bond donors (Lipinski definition) is 0. The standard InChI is InChI=1S/C15H16N2O/c1-11-4-6-14(7-5-11)17(3)15-10-13(12(2)18)8-9-16-15/h4-10H,1-3H3. The quantitative estimate of drug-likeness (QED) is 0.771. The number of anilines is 2. The number of rotatable bonds is 3. The van der Waals surface area contributed by atoms with Crippen LogP contribution in [-0.4, -0.2) is 17.8 Å². The van der Waals surface area contributed by atoms with Gasteiger partial charge in [-0.3, -0.25) is 4.79 Å². The van der Waals surface area contributed by atoms with Crippen LogP contribution in [0.15, 0.2) is 42.6 Å². The maximum absolute atomic E-state index is 11.4. The van der Waals surface area contributed by atoms with Gasteiger partial charge in [0.15, 0.2) is 5.78 Å². The fraction of sp³-hybridized carbons (Fsp3) is 0.200. The van der Waals surface area contributed by atoms with E-state index in [0.29, 0.717) is 5.56 Å². The number of carbonyl (C=O) groups excluding carboxylic acids is 1. The van der Waals surface area contributed by atoms with E-state index in [1.54, 1.807) is 19.2 Å². The van der Waals surface area contributed by atoms with Crippen LogP contribution in [-0.2, 0) is 0 Å². The van der Waals surface area contributed by atoms with Gasteiger partial charge >= 0.3 is 0 Å². The van der Waals surface area contributed by atoms with Gasteiger partial charge in [0.2, 0.25) is 0 Å². The third kappa shape index (κ3) is 2.56. The first-order valence-electron chi connectivity index (χ1n) is 5.85. The van der Waals surface area contributed by atoms with E-state index in [-0.39, 0.29) is 5.78 Å². The summed E-state index contributed by atoms with van der Waals surface area (Å²) in [6.07, 6.45) is 1.66. The first kappa shape index (κ1) is 12.3. The molecule has 1 aromatic carbocycles. The Labute approximate surface area is 107 Å². The maximum atomic E-state index is 11.4. The van der Waals surface area contributed by atoms with Gasteiger partial charge in [-0.2, -0.15) is 0 Å². The van der Waals surface area contributed by atoms with Gasteiger partial charge in [0.05, 0.1) is 0 Å². The lowest BCUT2D eigenvalue weighted by atomic mass is 10.2. The topological polar surface area (TPSA) is 33.2 Å². The lowest BCUT2D eigenvalue weighted by Gasteiger charge is -2.18. The third-order valence-electron chi connectivity index (χ3n) is 2.92. The molecule has 0 fully saturated rings. The molecule has 2 rings (SSSR count). The smallest absolute Gasteiger partial charge is 0.159 e. The lowest BCUT2D eigenvalue weighted by molar-refractivity contribution is 0.101. The Hall–Kier alpha value is -2.16. The summed E-state index contributed by atoms with van der Waals surface area (Å²) in [4.78, 5) is 17.6. The second-order valence-corrected chi connectivity index (χ2v) is 4.35. The van der Waals surface area contributed by atoms with Crippen molar-refractivity contribution in [3.8, 4) is 0 Å². The summed E-state index contributed by atoms with van der Waals surface area (Å²) in [5, 5.41) is 0. The predicted molar refractivity (Wildman–Crippen MR) is 73.5 cm³/mol. The lowest BCUT2D eigenvalue weighted by Crippen LogP contribution is -2.11. The molecule has 18 heavy (non-hydrogen) atoms. The molecule has 1 heterocycles. The van der Waals surface area contributed by atoms with Crippen LogP contribution in [0, 0.1) is 6.92 Å². The summed E-state index contributed by atoms with van der Waals surface area (Å²) in [7, 11) is 1.94. The van der Waals surface area contributed by atoms with Gasteiger partial charge in [-0.25, -0.2) is 4.98 Å². The molecule has 0 amide bonds. The zero-order chi connectivity index (χ0) is 13.1. The highest BCUT2D eigenvalue weighted by molar-refractivity contribution is 5.94. The highest BCUT2D eigenvalue weighted by atomic mass is 16.1. The summed E-state index contributed by atoms with van der Waals surface area (Å²) < 4.78 is 0. The van der Waals surface area contributed by atoms with E-state index in [9.17, 15) is 4.79 Å².